The predicted octanol–water partition coefficient (Wildman–Crippen LogP) is 1.47. The fraction of sp³-hybridized carbons (Fsp3) is 0.714. The van der Waals surface area contributed by atoms with E-state index in [1.165, 1.54) is 0 Å². The number of rotatable bonds is 5. The average Bonchev–Trinajstić information content (AvgIpc) is 2.84. The van der Waals surface area contributed by atoms with E-state index in [4.69, 9.17) is 0 Å². The number of amides is 2. The van der Waals surface area contributed by atoms with Gasteiger partial charge in [0.15, 0.2) is 0 Å². The third-order valence-corrected chi connectivity index (χ3v) is 3.69. The zero-order valence-corrected chi connectivity index (χ0v) is 10.9. The van der Waals surface area contributed by atoms with Crippen LogP contribution in [0.1, 0.15) is 38.5 Å². The number of piperidine rings is 1. The van der Waals surface area contributed by atoms with E-state index in [1.807, 2.05) is 4.90 Å². The number of likely N-dealkylation sites (tertiary alicyclic amines) is 1. The van der Waals surface area contributed by atoms with E-state index >= 15 is 0 Å². The molecule has 1 saturated heterocycles. The first-order chi connectivity index (χ1) is 8.75. The third kappa shape index (κ3) is 3.86. The summed E-state index contributed by atoms with van der Waals surface area (Å²) in [5, 5.41) is 2.91. The maximum atomic E-state index is 11.7. The summed E-state index contributed by atoms with van der Waals surface area (Å²) in [4.78, 5) is 25.1. The molecule has 4 nitrogen and oxygen atoms in total. The largest absolute Gasteiger partial charge is 0.354 e. The van der Waals surface area contributed by atoms with Crippen molar-refractivity contribution >= 4 is 11.8 Å². The zero-order chi connectivity index (χ0) is 12.8. The van der Waals surface area contributed by atoms with Crippen LogP contribution < -0.4 is 5.32 Å². The summed E-state index contributed by atoms with van der Waals surface area (Å²) in [5.74, 6) is 0.756. The van der Waals surface area contributed by atoms with Gasteiger partial charge in [-0.1, -0.05) is 12.2 Å². The first-order valence-corrected chi connectivity index (χ1v) is 6.97. The van der Waals surface area contributed by atoms with Crippen LogP contribution in [0.5, 0.6) is 0 Å². The molecule has 0 unspecified atom stereocenters. The van der Waals surface area contributed by atoms with Gasteiger partial charge in [-0.05, 0) is 31.6 Å². The van der Waals surface area contributed by atoms with Gasteiger partial charge >= 0.3 is 0 Å². The Kier molecular flexibility index (Phi) is 4.79. The first-order valence-electron chi connectivity index (χ1n) is 6.97. The molecule has 0 aromatic heterocycles. The van der Waals surface area contributed by atoms with Crippen molar-refractivity contribution in [1.82, 2.24) is 10.2 Å². The van der Waals surface area contributed by atoms with Crippen LogP contribution in [0.2, 0.25) is 0 Å². The van der Waals surface area contributed by atoms with E-state index in [9.17, 15) is 9.59 Å². The van der Waals surface area contributed by atoms with Crippen LogP contribution in [0.3, 0.4) is 0 Å². The Labute approximate surface area is 108 Å². The number of hydrogen-bond acceptors (Lipinski definition) is 2. The highest BCUT2D eigenvalue weighted by molar-refractivity contribution is 5.77. The highest BCUT2D eigenvalue weighted by Crippen LogP contribution is 2.19. The molecule has 1 aliphatic heterocycles. The fourth-order valence-electron chi connectivity index (χ4n) is 2.60. The first kappa shape index (κ1) is 13.1. The van der Waals surface area contributed by atoms with Gasteiger partial charge in [-0.3, -0.25) is 9.59 Å². The second-order valence-corrected chi connectivity index (χ2v) is 5.16. The minimum atomic E-state index is 0.107. The van der Waals surface area contributed by atoms with Crippen molar-refractivity contribution in [1.29, 1.82) is 0 Å². The monoisotopic (exact) mass is 250 g/mol. The Morgan fingerprint density at radius 1 is 1.44 bits per heavy atom. The maximum Gasteiger partial charge on any atom is 0.222 e. The molecule has 0 saturated carbocycles. The molecule has 0 bridgehead atoms. The molecule has 0 aromatic rings. The minimum Gasteiger partial charge on any atom is -0.354 e. The summed E-state index contributed by atoms with van der Waals surface area (Å²) in [6.07, 6.45) is 9.82. The van der Waals surface area contributed by atoms with E-state index in [-0.39, 0.29) is 11.8 Å². The molecule has 1 fully saturated rings. The Morgan fingerprint density at radius 2 is 2.33 bits per heavy atom. The highest BCUT2D eigenvalue weighted by Gasteiger charge is 2.18. The van der Waals surface area contributed by atoms with Gasteiger partial charge in [0.25, 0.3) is 0 Å². The SMILES string of the molecule is O=C(C[C@@H]1C=CCC1)NCCN1CCCCC1=O. The summed E-state index contributed by atoms with van der Waals surface area (Å²) in [6, 6.07) is 0. The number of nitrogens with zero attached hydrogens (tertiary/aromatic N) is 1. The molecule has 0 aromatic carbocycles. The predicted molar refractivity (Wildman–Crippen MR) is 69.9 cm³/mol. The lowest BCUT2D eigenvalue weighted by Crippen LogP contribution is -2.41. The van der Waals surface area contributed by atoms with E-state index in [2.05, 4.69) is 17.5 Å². The average molecular weight is 250 g/mol. The molecule has 2 amide bonds. The molecular formula is C14H22N2O2. The molecule has 4 heteroatoms. The summed E-state index contributed by atoms with van der Waals surface area (Å²) in [5.41, 5.74) is 0. The van der Waals surface area contributed by atoms with Crippen LogP contribution in [0.15, 0.2) is 12.2 Å². The lowest BCUT2D eigenvalue weighted by molar-refractivity contribution is -0.133. The molecule has 2 aliphatic rings. The van der Waals surface area contributed by atoms with Crippen LogP contribution in [-0.2, 0) is 9.59 Å². The van der Waals surface area contributed by atoms with Crippen LogP contribution in [0.25, 0.3) is 0 Å². The molecule has 2 rings (SSSR count). The van der Waals surface area contributed by atoms with E-state index in [0.717, 1.165) is 32.2 Å². The van der Waals surface area contributed by atoms with Crippen molar-refractivity contribution in [2.75, 3.05) is 19.6 Å². The standard InChI is InChI=1S/C14H22N2O2/c17-13(11-12-5-1-2-6-12)15-8-10-16-9-4-3-7-14(16)18/h1,5,12H,2-4,6-11H2,(H,15,17)/t12-/m1/s1. The van der Waals surface area contributed by atoms with Gasteiger partial charge in [0.05, 0.1) is 0 Å². The fourth-order valence-corrected chi connectivity index (χ4v) is 2.60. The topological polar surface area (TPSA) is 49.4 Å². The molecule has 1 aliphatic carbocycles. The van der Waals surface area contributed by atoms with Crippen LogP contribution in [-0.4, -0.2) is 36.3 Å². The lowest BCUT2D eigenvalue weighted by Gasteiger charge is -2.26. The van der Waals surface area contributed by atoms with E-state index in [0.29, 0.717) is 31.8 Å². The minimum absolute atomic E-state index is 0.107. The van der Waals surface area contributed by atoms with Crippen LogP contribution >= 0.6 is 0 Å². The number of hydrogen-bond donors (Lipinski definition) is 1. The molecule has 18 heavy (non-hydrogen) atoms. The van der Waals surface area contributed by atoms with Crippen molar-refractivity contribution in [3.63, 3.8) is 0 Å². The molecule has 100 valence electrons. The number of carbonyl (C=O) groups is 2. The Hall–Kier alpha value is -1.32. The Bertz CT molecular complexity index is 339. The molecule has 1 heterocycles. The van der Waals surface area contributed by atoms with Gasteiger partial charge in [0.2, 0.25) is 11.8 Å². The number of nitrogens with one attached hydrogen (secondary N) is 1. The van der Waals surface area contributed by atoms with E-state index in [1.54, 1.807) is 0 Å². The highest BCUT2D eigenvalue weighted by atomic mass is 16.2. The van der Waals surface area contributed by atoms with Crippen molar-refractivity contribution in [3.05, 3.63) is 12.2 Å². The second-order valence-electron chi connectivity index (χ2n) is 5.16. The summed E-state index contributed by atoms with van der Waals surface area (Å²) in [7, 11) is 0. The molecule has 1 N–H and O–H groups in total. The summed E-state index contributed by atoms with van der Waals surface area (Å²) < 4.78 is 0. The second kappa shape index (κ2) is 6.57. The summed E-state index contributed by atoms with van der Waals surface area (Å²) in [6.45, 7) is 2.09. The van der Waals surface area contributed by atoms with Crippen LogP contribution in [0, 0.1) is 5.92 Å². The number of carbonyl (C=O) groups excluding carboxylic acids is 2. The molecule has 1 atom stereocenters. The van der Waals surface area contributed by atoms with Crippen molar-refractivity contribution in [2.24, 2.45) is 5.92 Å². The third-order valence-electron chi connectivity index (χ3n) is 3.69. The van der Waals surface area contributed by atoms with Gasteiger partial charge in [-0.15, -0.1) is 0 Å². The lowest BCUT2D eigenvalue weighted by atomic mass is 10.1. The normalized spacial score (nSPS) is 23.4. The van der Waals surface area contributed by atoms with Gasteiger partial charge in [0.1, 0.15) is 0 Å². The van der Waals surface area contributed by atoms with Gasteiger partial charge in [0, 0.05) is 32.5 Å². The molecule has 0 radical (unpaired) electrons. The number of allylic oxidation sites excluding steroid dienone is 2. The summed E-state index contributed by atoms with van der Waals surface area (Å²) >= 11 is 0. The van der Waals surface area contributed by atoms with Crippen molar-refractivity contribution < 1.29 is 9.59 Å². The van der Waals surface area contributed by atoms with Gasteiger partial charge in [-0.2, -0.15) is 0 Å². The van der Waals surface area contributed by atoms with Gasteiger partial charge < -0.3 is 10.2 Å². The quantitative estimate of drug-likeness (QED) is 0.751. The zero-order valence-electron chi connectivity index (χ0n) is 10.9. The van der Waals surface area contributed by atoms with Crippen LogP contribution in [0.4, 0.5) is 0 Å². The molecular weight excluding hydrogens is 228 g/mol. The Balaban J connectivity index is 1.60. The molecule has 0 spiro atoms. The van der Waals surface area contributed by atoms with Crippen molar-refractivity contribution in [3.8, 4) is 0 Å². The van der Waals surface area contributed by atoms with Gasteiger partial charge in [-0.25, -0.2) is 0 Å². The van der Waals surface area contributed by atoms with E-state index < -0.39 is 0 Å². The maximum absolute atomic E-state index is 11.7. The van der Waals surface area contributed by atoms with Crippen molar-refractivity contribution in [2.45, 2.75) is 38.5 Å². The Morgan fingerprint density at radius 3 is 3.06 bits per heavy atom. The smallest absolute Gasteiger partial charge is 0.222 e.